The smallest absolute Gasteiger partial charge is 0 e. The van der Waals surface area contributed by atoms with Crippen LogP contribution in [0.5, 0.6) is 0 Å². The fraction of sp³-hybridized carbons (Fsp3) is 0.180. The molecule has 5 aromatic heterocycles. The van der Waals surface area contributed by atoms with Crippen molar-refractivity contribution in [1.29, 1.82) is 0 Å². The van der Waals surface area contributed by atoms with E-state index in [1.54, 1.807) is 12.1 Å². The van der Waals surface area contributed by atoms with E-state index in [-0.39, 0.29) is 31.6 Å². The molecule has 291 valence electrons. The summed E-state index contributed by atoms with van der Waals surface area (Å²) in [7, 11) is 0. The van der Waals surface area contributed by atoms with Crippen molar-refractivity contribution in [1.82, 2.24) is 19.5 Å². The second kappa shape index (κ2) is 15.8. The molecule has 0 aliphatic carbocycles. The van der Waals surface area contributed by atoms with Crippen molar-refractivity contribution in [3.63, 3.8) is 0 Å². The average molecular weight is 1000 g/mol. The Bertz CT molecular complexity index is 3310. The minimum absolute atomic E-state index is 0. The Hall–Kier alpha value is -5.34. The molecule has 0 fully saturated rings. The van der Waals surface area contributed by atoms with E-state index in [0.29, 0.717) is 22.5 Å². The summed E-state index contributed by atoms with van der Waals surface area (Å²) in [6.45, 7) is 3.58. The Labute approximate surface area is 362 Å². The molecule has 5 aromatic carbocycles. The Morgan fingerprint density at radius 1 is 0.810 bits per heavy atom. The summed E-state index contributed by atoms with van der Waals surface area (Å²) in [5.41, 5.74) is 9.74. The predicted octanol–water partition coefficient (Wildman–Crippen LogP) is 12.6. The SMILES string of the molecule is Cc1ccc2c(n1)oc1c(-c3nc4ccccc4n3-c3cccc4c3oc3ccccc34)[c-]ccc12.[2H]C([2H])([2H])c1c[c-]c(-c2cc(C([2H])([2H])C(C)C)[c]([Ge]([CH3])([CH3])[CH3])cn2)cc1.[Ir]. The fourth-order valence-electron chi connectivity index (χ4n) is 7.44. The summed E-state index contributed by atoms with van der Waals surface area (Å²) in [4.78, 5) is 14.2. The molecule has 0 amide bonds. The van der Waals surface area contributed by atoms with E-state index in [4.69, 9.17) is 20.7 Å². The van der Waals surface area contributed by atoms with E-state index < -0.39 is 26.5 Å². The zero-order chi connectivity index (χ0) is 43.7. The number of hydrogen-bond acceptors (Lipinski definition) is 5. The molecule has 1 radical (unpaired) electrons. The molecule has 0 aliphatic rings. The van der Waals surface area contributed by atoms with Crippen LogP contribution in [0.25, 0.3) is 83.4 Å². The standard InChI is InChI=1S/C31H18N3O2.C19H26GeN.Ir/c1-18-16-17-22-21-9-6-11-23(28(21)36-31(22)32-18)30-33-24-12-3-4-13-25(24)34(30)26-14-7-10-20-19-8-2-5-15-27(19)35-29(20)26;1-14(2)11-17-12-19(16-9-7-15(3)8-10-16)21-13-18(17)20(4,5)6;/h2-10,12-17H,1H3;7-9,12-14H,11H2,1-6H3;/q2*-1;/i;3D3,11D2;. The Morgan fingerprint density at radius 2 is 1.60 bits per heavy atom. The molecular formula is C50H44GeIrN4O2-2. The minimum atomic E-state index is -2.32. The van der Waals surface area contributed by atoms with Gasteiger partial charge >= 0.3 is 139 Å². The molecular weight excluding hydrogens is 953 g/mol. The summed E-state index contributed by atoms with van der Waals surface area (Å²) in [5.74, 6) is 7.27. The number of fused-ring (bicyclic) bond motifs is 7. The van der Waals surface area contributed by atoms with Gasteiger partial charge in [-0.3, -0.25) is 4.98 Å². The van der Waals surface area contributed by atoms with Crippen molar-refractivity contribution in [2.24, 2.45) is 5.92 Å². The molecule has 10 rings (SSSR count). The molecule has 8 heteroatoms. The summed E-state index contributed by atoms with van der Waals surface area (Å²) in [6.07, 6.45) is 0.362. The van der Waals surface area contributed by atoms with Crippen LogP contribution in [0, 0.1) is 31.8 Å². The van der Waals surface area contributed by atoms with Crippen LogP contribution in [0.15, 0.2) is 130 Å². The van der Waals surface area contributed by atoms with Gasteiger partial charge in [0.1, 0.15) is 5.58 Å². The summed E-state index contributed by atoms with van der Waals surface area (Å²) >= 11 is -2.32. The molecule has 0 unspecified atom stereocenters. The second-order valence-electron chi connectivity index (χ2n) is 15.7. The first kappa shape index (κ1) is 33.6. The first-order chi connectivity index (χ1) is 29.5. The molecule has 0 atom stereocenters. The fourth-order valence-corrected chi connectivity index (χ4v) is 10.4. The van der Waals surface area contributed by atoms with Gasteiger partial charge in [-0.1, -0.05) is 53.4 Å². The van der Waals surface area contributed by atoms with Gasteiger partial charge in [-0.05, 0) is 43.3 Å². The maximum atomic E-state index is 8.60. The minimum Gasteiger partial charge on any atom is 0 e. The first-order valence-corrected chi connectivity index (χ1v) is 26.5. The molecule has 0 saturated heterocycles. The van der Waals surface area contributed by atoms with Crippen molar-refractivity contribution in [3.05, 3.63) is 150 Å². The first-order valence-electron chi connectivity index (χ1n) is 21.6. The van der Waals surface area contributed by atoms with Crippen LogP contribution in [0.3, 0.4) is 0 Å². The third kappa shape index (κ3) is 7.32. The number of pyridine rings is 2. The Kier molecular flexibility index (Phi) is 9.15. The molecule has 10 aromatic rings. The van der Waals surface area contributed by atoms with Crippen molar-refractivity contribution >= 4 is 72.7 Å². The van der Waals surface area contributed by atoms with Crippen molar-refractivity contribution < 1.29 is 35.8 Å². The van der Waals surface area contributed by atoms with E-state index in [2.05, 4.69) is 80.3 Å². The zero-order valence-electron chi connectivity index (χ0n) is 38.1. The van der Waals surface area contributed by atoms with E-state index in [0.717, 1.165) is 76.5 Å². The van der Waals surface area contributed by atoms with Gasteiger partial charge in [0.25, 0.3) is 0 Å². The normalized spacial score (nSPS) is 13.5. The number of nitrogens with zero attached hydrogens (tertiary/aromatic N) is 4. The summed E-state index contributed by atoms with van der Waals surface area (Å²) in [5, 5.41) is 4.13. The Morgan fingerprint density at radius 3 is 2.40 bits per heavy atom. The van der Waals surface area contributed by atoms with Crippen LogP contribution in [0.1, 0.15) is 37.5 Å². The monoisotopic (exact) mass is 1000 g/mol. The van der Waals surface area contributed by atoms with Gasteiger partial charge < -0.3 is 13.4 Å². The van der Waals surface area contributed by atoms with Crippen LogP contribution in [-0.2, 0) is 26.5 Å². The number of rotatable bonds is 6. The average Bonchev–Trinajstić information content (AvgIpc) is 3.94. The van der Waals surface area contributed by atoms with Crippen LogP contribution in [-0.4, -0.2) is 32.8 Å². The molecule has 0 N–H and O–H groups in total. The quantitative estimate of drug-likeness (QED) is 0.123. The van der Waals surface area contributed by atoms with Gasteiger partial charge in [-0.25, -0.2) is 4.98 Å². The number of aromatic nitrogens is 4. The number of aryl methyl sites for hydroxylation is 2. The topological polar surface area (TPSA) is 69.9 Å². The van der Waals surface area contributed by atoms with Crippen molar-refractivity contribution in [3.8, 4) is 28.3 Å². The molecule has 0 saturated carbocycles. The van der Waals surface area contributed by atoms with E-state index in [9.17, 15) is 0 Å². The number of para-hydroxylation sites is 4. The molecule has 6 nitrogen and oxygen atoms in total. The van der Waals surface area contributed by atoms with Crippen LogP contribution < -0.4 is 4.40 Å². The summed E-state index contributed by atoms with van der Waals surface area (Å²) < 4.78 is 55.5. The van der Waals surface area contributed by atoms with Gasteiger partial charge in [0.15, 0.2) is 5.58 Å². The van der Waals surface area contributed by atoms with E-state index >= 15 is 0 Å². The van der Waals surface area contributed by atoms with Crippen LogP contribution in [0.2, 0.25) is 17.3 Å². The third-order valence-corrected chi connectivity index (χ3v) is 14.3. The maximum absolute atomic E-state index is 8.60. The number of imidazole rings is 1. The van der Waals surface area contributed by atoms with Gasteiger partial charge in [0.2, 0.25) is 5.71 Å². The van der Waals surface area contributed by atoms with Crippen molar-refractivity contribution in [2.45, 2.75) is 51.3 Å². The van der Waals surface area contributed by atoms with Crippen LogP contribution >= 0.6 is 0 Å². The Balaban J connectivity index is 0.000000181. The van der Waals surface area contributed by atoms with Gasteiger partial charge in [-0.2, -0.15) is 0 Å². The molecule has 0 bridgehead atoms. The van der Waals surface area contributed by atoms with Gasteiger partial charge in [-0.15, -0.1) is 18.2 Å². The zero-order valence-corrected chi connectivity index (χ0v) is 37.6. The molecule has 0 aliphatic heterocycles. The maximum Gasteiger partial charge on any atom is 0 e. The van der Waals surface area contributed by atoms with E-state index in [1.165, 1.54) is 6.07 Å². The summed E-state index contributed by atoms with van der Waals surface area (Å²) in [6, 6.07) is 43.5. The molecule has 58 heavy (non-hydrogen) atoms. The number of furan rings is 2. The van der Waals surface area contributed by atoms with Gasteiger partial charge in [0, 0.05) is 42.0 Å². The predicted molar refractivity (Wildman–Crippen MR) is 237 cm³/mol. The van der Waals surface area contributed by atoms with Crippen LogP contribution in [0.4, 0.5) is 0 Å². The number of benzene rings is 5. The molecule has 5 heterocycles. The second-order valence-corrected chi connectivity index (χ2v) is 26.2. The number of hydrogen-bond donors (Lipinski definition) is 0. The largest absolute Gasteiger partial charge is 0 e. The van der Waals surface area contributed by atoms with Crippen molar-refractivity contribution in [2.75, 3.05) is 0 Å². The molecule has 0 spiro atoms. The van der Waals surface area contributed by atoms with Gasteiger partial charge in [0.05, 0.1) is 28.1 Å². The van der Waals surface area contributed by atoms with E-state index in [1.807, 2.05) is 87.6 Å². The third-order valence-electron chi connectivity index (χ3n) is 10.1.